The molecule has 1 saturated carbocycles. The first kappa shape index (κ1) is 13.1. The molecule has 3 atom stereocenters. The van der Waals surface area contributed by atoms with Crippen molar-refractivity contribution in [3.63, 3.8) is 0 Å². The maximum absolute atomic E-state index is 11.0. The molecule has 0 heterocycles. The lowest BCUT2D eigenvalue weighted by Gasteiger charge is -2.24. The van der Waals surface area contributed by atoms with Gasteiger partial charge in [0, 0.05) is 0 Å². The Bertz CT molecular complexity index is 437. The monoisotopic (exact) mass is 248 g/mol. The second kappa shape index (κ2) is 5.11. The van der Waals surface area contributed by atoms with Crippen LogP contribution in [0.15, 0.2) is 24.3 Å². The Morgan fingerprint density at radius 1 is 1.28 bits per heavy atom. The predicted molar refractivity (Wildman–Crippen MR) is 69.3 cm³/mol. The first-order valence-corrected chi connectivity index (χ1v) is 6.52. The summed E-state index contributed by atoms with van der Waals surface area (Å²) in [5, 5.41) is 19.4. The molecule has 0 bridgehead atoms. The summed E-state index contributed by atoms with van der Waals surface area (Å²) in [7, 11) is 0. The van der Waals surface area contributed by atoms with Gasteiger partial charge in [-0.15, -0.1) is 0 Å². The summed E-state index contributed by atoms with van der Waals surface area (Å²) in [5.41, 5.74) is 2.09. The van der Waals surface area contributed by atoms with E-state index in [0.29, 0.717) is 5.92 Å². The van der Waals surface area contributed by atoms with E-state index in [2.05, 4.69) is 0 Å². The standard InChI is InChI=1S/C15H20O3/c1-9(10(2)15(17)18)14(16)13-6-4-3-5-12(13)11-7-8-11/h3-6,9-11,14,16H,7-8H2,1-2H3,(H,17,18). The van der Waals surface area contributed by atoms with Crippen LogP contribution < -0.4 is 0 Å². The molecular weight excluding hydrogens is 228 g/mol. The van der Waals surface area contributed by atoms with Gasteiger partial charge in [0.05, 0.1) is 12.0 Å². The molecular formula is C15H20O3. The third kappa shape index (κ3) is 2.56. The van der Waals surface area contributed by atoms with Crippen LogP contribution in [0.1, 0.15) is 49.8 Å². The largest absolute Gasteiger partial charge is 0.481 e. The zero-order valence-electron chi connectivity index (χ0n) is 10.8. The number of aliphatic hydroxyl groups excluding tert-OH is 1. The minimum Gasteiger partial charge on any atom is -0.481 e. The summed E-state index contributed by atoms with van der Waals surface area (Å²) >= 11 is 0. The highest BCUT2D eigenvalue weighted by Crippen LogP contribution is 2.44. The maximum atomic E-state index is 11.0. The lowest BCUT2D eigenvalue weighted by Crippen LogP contribution is -2.24. The number of aliphatic carboxylic acids is 1. The molecule has 0 radical (unpaired) electrons. The molecule has 18 heavy (non-hydrogen) atoms. The Balaban J connectivity index is 2.22. The smallest absolute Gasteiger partial charge is 0.306 e. The molecule has 1 aliphatic rings. The molecule has 2 N–H and O–H groups in total. The van der Waals surface area contributed by atoms with Gasteiger partial charge in [-0.2, -0.15) is 0 Å². The van der Waals surface area contributed by atoms with Gasteiger partial charge in [0.25, 0.3) is 0 Å². The SMILES string of the molecule is CC(C(=O)O)C(C)C(O)c1ccccc1C1CC1. The second-order valence-corrected chi connectivity index (χ2v) is 5.33. The molecule has 1 aliphatic carbocycles. The first-order chi connectivity index (χ1) is 8.52. The van der Waals surface area contributed by atoms with Crippen LogP contribution >= 0.6 is 0 Å². The average Bonchev–Trinajstić information content (AvgIpc) is 3.20. The molecule has 3 unspecified atom stereocenters. The third-order valence-electron chi connectivity index (χ3n) is 4.01. The van der Waals surface area contributed by atoms with Crippen LogP contribution in [0.25, 0.3) is 0 Å². The highest BCUT2D eigenvalue weighted by Gasteiger charge is 2.32. The molecule has 2 rings (SSSR count). The van der Waals surface area contributed by atoms with Crippen molar-refractivity contribution < 1.29 is 15.0 Å². The van der Waals surface area contributed by atoms with E-state index in [1.165, 1.54) is 18.4 Å². The fourth-order valence-electron chi connectivity index (χ4n) is 2.33. The molecule has 1 aromatic rings. The summed E-state index contributed by atoms with van der Waals surface area (Å²) in [6, 6.07) is 7.86. The molecule has 0 aromatic heterocycles. The quantitative estimate of drug-likeness (QED) is 0.842. The topological polar surface area (TPSA) is 57.5 Å². The number of benzene rings is 1. The molecule has 3 heteroatoms. The van der Waals surface area contributed by atoms with Crippen LogP contribution in [0.5, 0.6) is 0 Å². The molecule has 0 amide bonds. The Morgan fingerprint density at radius 3 is 2.44 bits per heavy atom. The molecule has 0 aliphatic heterocycles. The van der Waals surface area contributed by atoms with E-state index in [1.54, 1.807) is 13.8 Å². The van der Waals surface area contributed by atoms with E-state index in [1.807, 2.05) is 24.3 Å². The van der Waals surface area contributed by atoms with Crippen molar-refractivity contribution in [2.45, 2.75) is 38.7 Å². The number of carbonyl (C=O) groups is 1. The van der Waals surface area contributed by atoms with Crippen molar-refractivity contribution in [3.05, 3.63) is 35.4 Å². The van der Waals surface area contributed by atoms with Gasteiger partial charge in [-0.25, -0.2) is 0 Å². The zero-order chi connectivity index (χ0) is 13.3. The van der Waals surface area contributed by atoms with Crippen LogP contribution in [-0.4, -0.2) is 16.2 Å². The fraction of sp³-hybridized carbons (Fsp3) is 0.533. The van der Waals surface area contributed by atoms with Crippen molar-refractivity contribution in [1.82, 2.24) is 0 Å². The number of hydrogen-bond acceptors (Lipinski definition) is 2. The fourth-order valence-corrected chi connectivity index (χ4v) is 2.33. The Morgan fingerprint density at radius 2 is 1.89 bits per heavy atom. The molecule has 0 spiro atoms. The van der Waals surface area contributed by atoms with Gasteiger partial charge in [-0.05, 0) is 35.8 Å². The summed E-state index contributed by atoms with van der Waals surface area (Å²) in [4.78, 5) is 11.0. The molecule has 0 saturated heterocycles. The third-order valence-corrected chi connectivity index (χ3v) is 4.01. The molecule has 1 fully saturated rings. The number of carboxylic acid groups (broad SMARTS) is 1. The van der Waals surface area contributed by atoms with Gasteiger partial charge >= 0.3 is 5.97 Å². The van der Waals surface area contributed by atoms with E-state index < -0.39 is 18.0 Å². The summed E-state index contributed by atoms with van der Waals surface area (Å²) in [6.45, 7) is 3.45. The van der Waals surface area contributed by atoms with E-state index in [-0.39, 0.29) is 5.92 Å². The Labute approximate surface area is 107 Å². The van der Waals surface area contributed by atoms with Crippen molar-refractivity contribution >= 4 is 5.97 Å². The predicted octanol–water partition coefficient (Wildman–Crippen LogP) is 2.95. The van der Waals surface area contributed by atoms with Crippen molar-refractivity contribution in [1.29, 1.82) is 0 Å². The van der Waals surface area contributed by atoms with Gasteiger partial charge in [0.1, 0.15) is 0 Å². The summed E-state index contributed by atoms with van der Waals surface area (Å²) < 4.78 is 0. The van der Waals surface area contributed by atoms with Gasteiger partial charge in [-0.3, -0.25) is 4.79 Å². The average molecular weight is 248 g/mol. The van der Waals surface area contributed by atoms with Gasteiger partial charge in [-0.1, -0.05) is 38.1 Å². The lowest BCUT2D eigenvalue weighted by molar-refractivity contribution is -0.144. The van der Waals surface area contributed by atoms with E-state index >= 15 is 0 Å². The first-order valence-electron chi connectivity index (χ1n) is 6.52. The lowest BCUT2D eigenvalue weighted by atomic mass is 9.84. The summed E-state index contributed by atoms with van der Waals surface area (Å²) in [5.74, 6) is -1.14. The van der Waals surface area contributed by atoms with Crippen LogP contribution in [0.4, 0.5) is 0 Å². The van der Waals surface area contributed by atoms with Crippen LogP contribution in [0.2, 0.25) is 0 Å². The Kier molecular flexibility index (Phi) is 3.71. The summed E-state index contributed by atoms with van der Waals surface area (Å²) in [6.07, 6.45) is 1.65. The molecule has 1 aromatic carbocycles. The van der Waals surface area contributed by atoms with E-state index in [4.69, 9.17) is 5.11 Å². The van der Waals surface area contributed by atoms with E-state index in [9.17, 15) is 9.90 Å². The van der Waals surface area contributed by atoms with Crippen LogP contribution in [0, 0.1) is 11.8 Å². The number of aliphatic hydroxyl groups is 1. The van der Waals surface area contributed by atoms with Crippen LogP contribution in [-0.2, 0) is 4.79 Å². The van der Waals surface area contributed by atoms with Crippen molar-refractivity contribution in [2.75, 3.05) is 0 Å². The van der Waals surface area contributed by atoms with E-state index in [0.717, 1.165) is 5.56 Å². The van der Waals surface area contributed by atoms with Gasteiger partial charge in [0.15, 0.2) is 0 Å². The van der Waals surface area contributed by atoms with Crippen LogP contribution in [0.3, 0.4) is 0 Å². The highest BCUT2D eigenvalue weighted by atomic mass is 16.4. The normalized spacial score (nSPS) is 20.2. The number of rotatable bonds is 5. The number of carboxylic acids is 1. The maximum Gasteiger partial charge on any atom is 0.306 e. The minimum absolute atomic E-state index is 0.289. The second-order valence-electron chi connectivity index (χ2n) is 5.33. The Hall–Kier alpha value is -1.35. The molecule has 3 nitrogen and oxygen atoms in total. The highest BCUT2D eigenvalue weighted by molar-refractivity contribution is 5.70. The minimum atomic E-state index is -0.856. The van der Waals surface area contributed by atoms with Crippen molar-refractivity contribution in [2.24, 2.45) is 11.8 Å². The number of hydrogen-bond donors (Lipinski definition) is 2. The van der Waals surface area contributed by atoms with Gasteiger partial charge in [0.2, 0.25) is 0 Å². The molecule has 98 valence electrons. The van der Waals surface area contributed by atoms with Crippen molar-refractivity contribution in [3.8, 4) is 0 Å². The van der Waals surface area contributed by atoms with Gasteiger partial charge < -0.3 is 10.2 Å². The zero-order valence-corrected chi connectivity index (χ0v) is 10.8.